The first kappa shape index (κ1) is 17.5. The Morgan fingerprint density at radius 3 is 2.26 bits per heavy atom. The molecule has 2 rings (SSSR count). The van der Waals surface area contributed by atoms with E-state index in [0.29, 0.717) is 23.5 Å². The Balaban J connectivity index is 2.01. The monoisotopic (exact) mass is 424 g/mol. The summed E-state index contributed by atoms with van der Waals surface area (Å²) in [6.07, 6.45) is 0. The molecule has 0 amide bonds. The van der Waals surface area contributed by atoms with Crippen LogP contribution in [0.3, 0.4) is 0 Å². The van der Waals surface area contributed by atoms with Crippen molar-refractivity contribution in [2.24, 2.45) is 5.92 Å². The summed E-state index contributed by atoms with van der Waals surface area (Å²) in [4.78, 5) is 23.9. The predicted molar refractivity (Wildman–Crippen MR) is 95.7 cm³/mol. The minimum Gasteiger partial charge on any atom is -0.462 e. The fraction of sp³-hybridized carbons (Fsp3) is 0.222. The molecule has 5 heteroatoms. The molecule has 2 aromatic carbocycles. The van der Waals surface area contributed by atoms with E-state index in [9.17, 15) is 9.59 Å². The van der Waals surface area contributed by atoms with E-state index in [0.717, 1.165) is 3.57 Å². The zero-order valence-electron chi connectivity index (χ0n) is 12.9. The first-order valence-electron chi connectivity index (χ1n) is 7.21. The van der Waals surface area contributed by atoms with Gasteiger partial charge in [0.15, 0.2) is 0 Å². The average molecular weight is 424 g/mol. The molecular weight excluding hydrogens is 407 g/mol. The van der Waals surface area contributed by atoms with Gasteiger partial charge in [-0.3, -0.25) is 0 Å². The molecule has 4 nitrogen and oxygen atoms in total. The lowest BCUT2D eigenvalue weighted by Gasteiger charge is -2.08. The van der Waals surface area contributed by atoms with Crippen molar-refractivity contribution < 1.29 is 19.1 Å². The van der Waals surface area contributed by atoms with Crippen LogP contribution < -0.4 is 4.74 Å². The highest BCUT2D eigenvalue weighted by Gasteiger charge is 2.13. The van der Waals surface area contributed by atoms with Gasteiger partial charge >= 0.3 is 11.9 Å². The summed E-state index contributed by atoms with van der Waals surface area (Å²) in [5, 5.41) is 0. The Morgan fingerprint density at radius 2 is 1.65 bits per heavy atom. The van der Waals surface area contributed by atoms with Gasteiger partial charge in [0, 0.05) is 3.57 Å². The summed E-state index contributed by atoms with van der Waals surface area (Å²) in [5.74, 6) is -0.137. The van der Waals surface area contributed by atoms with Gasteiger partial charge in [-0.1, -0.05) is 26.0 Å². The highest BCUT2D eigenvalue weighted by molar-refractivity contribution is 14.1. The second-order valence-corrected chi connectivity index (χ2v) is 6.55. The summed E-state index contributed by atoms with van der Waals surface area (Å²) in [6, 6.07) is 13.5. The van der Waals surface area contributed by atoms with Crippen molar-refractivity contribution in [3.8, 4) is 5.75 Å². The van der Waals surface area contributed by atoms with Gasteiger partial charge in [-0.15, -0.1) is 0 Å². The second kappa shape index (κ2) is 8.10. The number of carbonyl (C=O) groups excluding carboxylic acids is 2. The molecule has 0 aliphatic heterocycles. The van der Waals surface area contributed by atoms with E-state index < -0.39 is 5.97 Å². The maximum Gasteiger partial charge on any atom is 0.344 e. The molecule has 120 valence electrons. The fourth-order valence-electron chi connectivity index (χ4n) is 1.77. The normalized spacial score (nSPS) is 10.4. The lowest BCUT2D eigenvalue weighted by Crippen LogP contribution is -2.11. The number of benzene rings is 2. The predicted octanol–water partition coefficient (Wildman–Crippen LogP) is 4.32. The van der Waals surface area contributed by atoms with Crippen LogP contribution in [0.1, 0.15) is 34.6 Å². The van der Waals surface area contributed by atoms with Crippen molar-refractivity contribution in [3.05, 3.63) is 63.2 Å². The SMILES string of the molecule is CC(C)COC(=O)c1ccc(OC(=O)c2ccccc2I)cc1. The third kappa shape index (κ3) is 5.06. The standard InChI is InChI=1S/C18H17IO4/c1-12(2)11-22-17(20)13-7-9-14(10-8-13)23-18(21)15-5-3-4-6-16(15)19/h3-10,12H,11H2,1-2H3. The first-order valence-corrected chi connectivity index (χ1v) is 8.29. The summed E-state index contributed by atoms with van der Waals surface area (Å²) in [6.45, 7) is 4.32. The van der Waals surface area contributed by atoms with Gasteiger partial charge < -0.3 is 9.47 Å². The van der Waals surface area contributed by atoms with E-state index in [4.69, 9.17) is 9.47 Å². The van der Waals surface area contributed by atoms with E-state index in [1.807, 2.05) is 26.0 Å². The maximum atomic E-state index is 12.1. The molecule has 0 fully saturated rings. The third-order valence-corrected chi connectivity index (χ3v) is 3.88. The van der Waals surface area contributed by atoms with E-state index >= 15 is 0 Å². The summed E-state index contributed by atoms with van der Waals surface area (Å²) in [5.41, 5.74) is 0.938. The van der Waals surface area contributed by atoms with Crippen LogP contribution in [0.25, 0.3) is 0 Å². The molecule has 0 saturated heterocycles. The minimum absolute atomic E-state index is 0.285. The zero-order valence-corrected chi connectivity index (χ0v) is 15.1. The summed E-state index contributed by atoms with van der Waals surface area (Å²) in [7, 11) is 0. The molecule has 0 aromatic heterocycles. The van der Waals surface area contributed by atoms with Crippen LogP contribution in [0.15, 0.2) is 48.5 Å². The first-order chi connectivity index (χ1) is 11.0. The molecule has 0 spiro atoms. The highest BCUT2D eigenvalue weighted by atomic mass is 127. The number of hydrogen-bond acceptors (Lipinski definition) is 4. The molecule has 0 saturated carbocycles. The Morgan fingerprint density at radius 1 is 1.00 bits per heavy atom. The smallest absolute Gasteiger partial charge is 0.344 e. The quantitative estimate of drug-likeness (QED) is 0.408. The molecule has 0 heterocycles. The average Bonchev–Trinajstić information content (AvgIpc) is 2.53. The van der Waals surface area contributed by atoms with Crippen LogP contribution in [0.4, 0.5) is 0 Å². The highest BCUT2D eigenvalue weighted by Crippen LogP contribution is 2.17. The Labute approximate surface area is 148 Å². The lowest BCUT2D eigenvalue weighted by molar-refractivity contribution is 0.0459. The van der Waals surface area contributed by atoms with Crippen LogP contribution in [-0.2, 0) is 4.74 Å². The van der Waals surface area contributed by atoms with E-state index in [1.54, 1.807) is 36.4 Å². The number of rotatable bonds is 5. The van der Waals surface area contributed by atoms with Gasteiger partial charge in [0.2, 0.25) is 0 Å². The Kier molecular flexibility index (Phi) is 6.15. The number of halogens is 1. The zero-order chi connectivity index (χ0) is 16.8. The van der Waals surface area contributed by atoms with Crippen molar-refractivity contribution in [2.75, 3.05) is 6.61 Å². The molecule has 0 aliphatic rings. The maximum absolute atomic E-state index is 12.1. The van der Waals surface area contributed by atoms with Crippen LogP contribution in [0.2, 0.25) is 0 Å². The van der Waals surface area contributed by atoms with E-state index in [2.05, 4.69) is 22.6 Å². The van der Waals surface area contributed by atoms with Gasteiger partial charge in [0.25, 0.3) is 0 Å². The largest absolute Gasteiger partial charge is 0.462 e. The molecule has 0 N–H and O–H groups in total. The van der Waals surface area contributed by atoms with Crippen LogP contribution in [-0.4, -0.2) is 18.5 Å². The van der Waals surface area contributed by atoms with E-state index in [-0.39, 0.29) is 11.9 Å². The molecule has 0 aliphatic carbocycles. The molecule has 0 unspecified atom stereocenters. The van der Waals surface area contributed by atoms with Gasteiger partial charge in [0.1, 0.15) is 5.75 Å². The lowest BCUT2D eigenvalue weighted by atomic mass is 10.2. The molecular formula is C18H17IO4. The Hall–Kier alpha value is -1.89. The molecule has 0 radical (unpaired) electrons. The topological polar surface area (TPSA) is 52.6 Å². The van der Waals surface area contributed by atoms with Crippen molar-refractivity contribution in [3.63, 3.8) is 0 Å². The van der Waals surface area contributed by atoms with Gasteiger partial charge in [0.05, 0.1) is 17.7 Å². The number of hydrogen-bond donors (Lipinski definition) is 0. The summed E-state index contributed by atoms with van der Waals surface area (Å²) < 4.78 is 11.3. The van der Waals surface area contributed by atoms with Crippen molar-refractivity contribution in [1.82, 2.24) is 0 Å². The number of carbonyl (C=O) groups is 2. The molecule has 23 heavy (non-hydrogen) atoms. The van der Waals surface area contributed by atoms with Crippen LogP contribution in [0, 0.1) is 9.49 Å². The fourth-order valence-corrected chi connectivity index (χ4v) is 2.38. The third-order valence-electron chi connectivity index (χ3n) is 2.94. The van der Waals surface area contributed by atoms with Crippen LogP contribution >= 0.6 is 22.6 Å². The summed E-state index contributed by atoms with van der Waals surface area (Å²) >= 11 is 2.08. The van der Waals surface area contributed by atoms with Crippen molar-refractivity contribution in [2.45, 2.75) is 13.8 Å². The number of ether oxygens (including phenoxy) is 2. The molecule has 0 bridgehead atoms. The van der Waals surface area contributed by atoms with Crippen molar-refractivity contribution >= 4 is 34.5 Å². The second-order valence-electron chi connectivity index (χ2n) is 5.39. The number of esters is 2. The minimum atomic E-state index is -0.426. The van der Waals surface area contributed by atoms with Crippen LogP contribution in [0.5, 0.6) is 5.75 Å². The van der Waals surface area contributed by atoms with Gasteiger partial charge in [-0.05, 0) is 64.9 Å². The van der Waals surface area contributed by atoms with E-state index in [1.165, 1.54) is 0 Å². The molecule has 0 atom stereocenters. The Bertz CT molecular complexity index is 692. The van der Waals surface area contributed by atoms with Gasteiger partial charge in [-0.25, -0.2) is 9.59 Å². The molecule has 2 aromatic rings. The van der Waals surface area contributed by atoms with Gasteiger partial charge in [-0.2, -0.15) is 0 Å². The van der Waals surface area contributed by atoms with Crippen molar-refractivity contribution in [1.29, 1.82) is 0 Å².